The van der Waals surface area contributed by atoms with E-state index in [1.54, 1.807) is 0 Å². The van der Waals surface area contributed by atoms with Crippen LogP contribution >= 0.6 is 35.0 Å². The van der Waals surface area contributed by atoms with Gasteiger partial charge in [-0.15, -0.1) is 0 Å². The summed E-state index contributed by atoms with van der Waals surface area (Å²) >= 11 is 14.3. The molecular formula is C17H24Cl2S. The van der Waals surface area contributed by atoms with Gasteiger partial charge < -0.3 is 0 Å². The van der Waals surface area contributed by atoms with Crippen LogP contribution in [-0.4, -0.2) is 5.75 Å². The fourth-order valence-corrected chi connectivity index (χ4v) is 4.71. The molecule has 0 radical (unpaired) electrons. The van der Waals surface area contributed by atoms with E-state index < -0.39 is 0 Å². The summed E-state index contributed by atoms with van der Waals surface area (Å²) < 4.78 is 0. The van der Waals surface area contributed by atoms with Crippen molar-refractivity contribution in [2.75, 3.05) is 5.75 Å². The first kappa shape index (κ1) is 16.5. The largest absolute Gasteiger partial charge is 0.157 e. The van der Waals surface area contributed by atoms with E-state index in [2.05, 4.69) is 0 Å². The minimum atomic E-state index is 0.798. The summed E-state index contributed by atoms with van der Waals surface area (Å²) in [5, 5.41) is 1.60. The Hall–Kier alpha value is 0.150. The molecule has 0 bridgehead atoms. The van der Waals surface area contributed by atoms with Crippen molar-refractivity contribution in [3.05, 3.63) is 33.8 Å². The minimum absolute atomic E-state index is 0.798. The standard InChI is InChI=1S/C17H24Cl2S/c18-16-10-6-11-17(19)15(16)13-20-12-5-4-9-14-7-2-1-3-8-14/h6,10-11,14H,1-5,7-9,12-13H2. The Bertz CT molecular complexity index is 380. The van der Waals surface area contributed by atoms with E-state index in [-0.39, 0.29) is 0 Å². The average molecular weight is 331 g/mol. The summed E-state index contributed by atoms with van der Waals surface area (Å²) in [6.07, 6.45) is 11.5. The first-order valence-corrected chi connectivity index (χ1v) is 9.69. The van der Waals surface area contributed by atoms with E-state index in [9.17, 15) is 0 Å². The minimum Gasteiger partial charge on any atom is -0.157 e. The topological polar surface area (TPSA) is 0 Å². The molecule has 3 heteroatoms. The molecule has 2 rings (SSSR count). The quantitative estimate of drug-likeness (QED) is 0.486. The molecule has 0 spiro atoms. The van der Waals surface area contributed by atoms with Crippen molar-refractivity contribution in [2.45, 2.75) is 57.1 Å². The predicted octanol–water partition coefficient (Wildman–Crippen LogP) is 6.98. The number of rotatable bonds is 7. The van der Waals surface area contributed by atoms with E-state index in [0.29, 0.717) is 0 Å². The molecule has 1 fully saturated rings. The van der Waals surface area contributed by atoms with Gasteiger partial charge in [0.1, 0.15) is 0 Å². The van der Waals surface area contributed by atoms with E-state index in [4.69, 9.17) is 23.2 Å². The van der Waals surface area contributed by atoms with Crippen LogP contribution in [0.5, 0.6) is 0 Å². The van der Waals surface area contributed by atoms with Gasteiger partial charge in [-0.05, 0) is 35.8 Å². The summed E-state index contributed by atoms with van der Waals surface area (Å²) in [4.78, 5) is 0. The lowest BCUT2D eigenvalue weighted by Crippen LogP contribution is -2.05. The second-order valence-electron chi connectivity index (χ2n) is 5.75. The van der Waals surface area contributed by atoms with Gasteiger partial charge in [-0.3, -0.25) is 0 Å². The Morgan fingerprint density at radius 1 is 1.00 bits per heavy atom. The lowest BCUT2D eigenvalue weighted by atomic mass is 9.86. The lowest BCUT2D eigenvalue weighted by molar-refractivity contribution is 0.332. The van der Waals surface area contributed by atoms with Gasteiger partial charge in [-0.1, -0.05) is 74.2 Å². The Kier molecular flexibility index (Phi) is 7.62. The number of halogens is 2. The average Bonchev–Trinajstić information content (AvgIpc) is 2.46. The Balaban J connectivity index is 1.57. The van der Waals surface area contributed by atoms with Gasteiger partial charge in [-0.25, -0.2) is 0 Å². The molecule has 0 heterocycles. The fraction of sp³-hybridized carbons (Fsp3) is 0.647. The summed E-state index contributed by atoms with van der Waals surface area (Å²) in [7, 11) is 0. The molecule has 1 aromatic rings. The summed E-state index contributed by atoms with van der Waals surface area (Å²) in [5.41, 5.74) is 1.09. The molecule has 0 amide bonds. The van der Waals surface area contributed by atoms with Gasteiger partial charge in [0.15, 0.2) is 0 Å². The number of benzene rings is 1. The number of unbranched alkanes of at least 4 members (excludes halogenated alkanes) is 1. The van der Waals surface area contributed by atoms with Crippen LogP contribution in [0.15, 0.2) is 18.2 Å². The van der Waals surface area contributed by atoms with E-state index >= 15 is 0 Å². The monoisotopic (exact) mass is 330 g/mol. The van der Waals surface area contributed by atoms with Crippen LogP contribution in [0.1, 0.15) is 56.9 Å². The molecule has 20 heavy (non-hydrogen) atoms. The molecule has 0 aromatic heterocycles. The van der Waals surface area contributed by atoms with E-state index in [1.807, 2.05) is 30.0 Å². The lowest BCUT2D eigenvalue weighted by Gasteiger charge is -2.21. The van der Waals surface area contributed by atoms with Crippen LogP contribution in [-0.2, 0) is 5.75 Å². The number of hydrogen-bond acceptors (Lipinski definition) is 1. The normalized spacial score (nSPS) is 16.5. The highest BCUT2D eigenvalue weighted by Crippen LogP contribution is 2.30. The van der Waals surface area contributed by atoms with E-state index in [0.717, 1.165) is 27.3 Å². The maximum absolute atomic E-state index is 6.17. The maximum atomic E-state index is 6.17. The van der Waals surface area contributed by atoms with Gasteiger partial charge in [-0.2, -0.15) is 11.8 Å². The molecule has 1 aromatic carbocycles. The first-order chi connectivity index (χ1) is 9.77. The summed E-state index contributed by atoms with van der Waals surface area (Å²) in [6.45, 7) is 0. The maximum Gasteiger partial charge on any atom is 0.0461 e. The molecule has 0 nitrogen and oxygen atoms in total. The van der Waals surface area contributed by atoms with Crippen molar-refractivity contribution < 1.29 is 0 Å². The van der Waals surface area contributed by atoms with Crippen molar-refractivity contribution >= 4 is 35.0 Å². The van der Waals surface area contributed by atoms with Gasteiger partial charge in [0.2, 0.25) is 0 Å². The number of thioether (sulfide) groups is 1. The third kappa shape index (κ3) is 5.50. The van der Waals surface area contributed by atoms with Crippen LogP contribution in [0.4, 0.5) is 0 Å². The van der Waals surface area contributed by atoms with Gasteiger partial charge in [0.05, 0.1) is 0 Å². The van der Waals surface area contributed by atoms with Gasteiger partial charge >= 0.3 is 0 Å². The van der Waals surface area contributed by atoms with Crippen molar-refractivity contribution in [3.63, 3.8) is 0 Å². The molecule has 1 saturated carbocycles. The Labute approximate surface area is 137 Å². The smallest absolute Gasteiger partial charge is 0.0461 e. The zero-order chi connectivity index (χ0) is 14.2. The van der Waals surface area contributed by atoms with E-state index in [1.165, 1.54) is 57.1 Å². The highest BCUT2D eigenvalue weighted by atomic mass is 35.5. The highest BCUT2D eigenvalue weighted by molar-refractivity contribution is 7.98. The molecule has 0 aliphatic heterocycles. The van der Waals surface area contributed by atoms with Crippen LogP contribution < -0.4 is 0 Å². The molecule has 0 unspecified atom stereocenters. The number of hydrogen-bond donors (Lipinski definition) is 0. The highest BCUT2D eigenvalue weighted by Gasteiger charge is 2.12. The zero-order valence-corrected chi connectivity index (χ0v) is 14.4. The van der Waals surface area contributed by atoms with Crippen LogP contribution in [0.3, 0.4) is 0 Å². The predicted molar refractivity (Wildman–Crippen MR) is 93.1 cm³/mol. The van der Waals surface area contributed by atoms with Crippen molar-refractivity contribution in [3.8, 4) is 0 Å². The van der Waals surface area contributed by atoms with Crippen LogP contribution in [0, 0.1) is 5.92 Å². The molecule has 112 valence electrons. The Morgan fingerprint density at radius 3 is 2.40 bits per heavy atom. The van der Waals surface area contributed by atoms with Gasteiger partial charge in [0, 0.05) is 15.8 Å². The zero-order valence-electron chi connectivity index (χ0n) is 12.0. The van der Waals surface area contributed by atoms with Crippen LogP contribution in [0.2, 0.25) is 10.0 Å². The summed E-state index contributed by atoms with van der Waals surface area (Å²) in [6, 6.07) is 5.75. The first-order valence-electron chi connectivity index (χ1n) is 7.78. The summed E-state index contributed by atoms with van der Waals surface area (Å²) in [5.74, 6) is 3.17. The fourth-order valence-electron chi connectivity index (χ4n) is 2.96. The van der Waals surface area contributed by atoms with Crippen molar-refractivity contribution in [1.29, 1.82) is 0 Å². The Morgan fingerprint density at radius 2 is 1.70 bits per heavy atom. The third-order valence-corrected chi connectivity index (χ3v) is 5.96. The van der Waals surface area contributed by atoms with Crippen LogP contribution in [0.25, 0.3) is 0 Å². The second-order valence-corrected chi connectivity index (χ2v) is 7.67. The SMILES string of the molecule is Clc1cccc(Cl)c1CSCCCCC1CCCCC1. The van der Waals surface area contributed by atoms with Crippen molar-refractivity contribution in [1.82, 2.24) is 0 Å². The third-order valence-electron chi connectivity index (χ3n) is 4.18. The molecule has 1 aliphatic rings. The molecule has 0 N–H and O–H groups in total. The molecule has 0 saturated heterocycles. The molecular weight excluding hydrogens is 307 g/mol. The second kappa shape index (κ2) is 9.23. The molecule has 1 aliphatic carbocycles. The van der Waals surface area contributed by atoms with Crippen molar-refractivity contribution in [2.24, 2.45) is 5.92 Å². The van der Waals surface area contributed by atoms with Gasteiger partial charge in [0.25, 0.3) is 0 Å². The molecule has 0 atom stereocenters.